The second-order valence-electron chi connectivity index (χ2n) is 5.26. The van der Waals surface area contributed by atoms with Crippen LogP contribution in [0, 0.1) is 5.41 Å². The first-order valence-electron chi connectivity index (χ1n) is 5.86. The first kappa shape index (κ1) is 10.4. The molecule has 0 radical (unpaired) electrons. The standard InChI is InChI=1S/C12H22O2/c1-4-13-10(2)12-7-5-11(3,6-8-12)9-14-12/h10H,4-9H2,1-3H3. The Balaban J connectivity index is 2.04. The zero-order valence-electron chi connectivity index (χ0n) is 9.64. The third kappa shape index (κ3) is 1.59. The van der Waals surface area contributed by atoms with Gasteiger partial charge in [-0.15, -0.1) is 0 Å². The maximum atomic E-state index is 6.06. The summed E-state index contributed by atoms with van der Waals surface area (Å²) >= 11 is 0. The lowest BCUT2D eigenvalue weighted by Crippen LogP contribution is -2.56. The Morgan fingerprint density at radius 3 is 2.36 bits per heavy atom. The van der Waals surface area contributed by atoms with Gasteiger partial charge in [0.1, 0.15) is 0 Å². The summed E-state index contributed by atoms with van der Waals surface area (Å²) in [7, 11) is 0. The van der Waals surface area contributed by atoms with Crippen molar-refractivity contribution >= 4 is 0 Å². The molecule has 82 valence electrons. The van der Waals surface area contributed by atoms with Crippen molar-refractivity contribution in [1.82, 2.24) is 0 Å². The summed E-state index contributed by atoms with van der Waals surface area (Å²) in [5.74, 6) is 0. The lowest BCUT2D eigenvalue weighted by atomic mass is 9.65. The Labute approximate surface area is 87.0 Å². The van der Waals surface area contributed by atoms with E-state index in [0.29, 0.717) is 5.41 Å². The molecule has 2 bridgehead atoms. The van der Waals surface area contributed by atoms with Gasteiger partial charge < -0.3 is 9.47 Å². The Morgan fingerprint density at radius 2 is 1.93 bits per heavy atom. The summed E-state index contributed by atoms with van der Waals surface area (Å²) in [4.78, 5) is 0. The molecule has 1 saturated carbocycles. The third-order valence-corrected chi connectivity index (χ3v) is 4.17. The van der Waals surface area contributed by atoms with Crippen LogP contribution in [0.4, 0.5) is 0 Å². The van der Waals surface area contributed by atoms with Crippen molar-refractivity contribution in [3.63, 3.8) is 0 Å². The number of rotatable bonds is 3. The molecule has 2 aliphatic heterocycles. The Kier molecular flexibility index (Phi) is 2.61. The molecule has 0 aromatic heterocycles. The van der Waals surface area contributed by atoms with E-state index < -0.39 is 0 Å². The molecular formula is C12H22O2. The lowest BCUT2D eigenvalue weighted by molar-refractivity contribution is -0.226. The van der Waals surface area contributed by atoms with E-state index >= 15 is 0 Å². The Bertz CT molecular complexity index is 188. The van der Waals surface area contributed by atoms with Gasteiger partial charge in [-0.25, -0.2) is 0 Å². The van der Waals surface area contributed by atoms with Gasteiger partial charge in [0.15, 0.2) is 0 Å². The van der Waals surface area contributed by atoms with Crippen molar-refractivity contribution in [2.24, 2.45) is 5.41 Å². The predicted octanol–water partition coefficient (Wildman–Crippen LogP) is 2.76. The minimum Gasteiger partial charge on any atom is -0.376 e. The minimum absolute atomic E-state index is 0.0494. The van der Waals surface area contributed by atoms with Crippen molar-refractivity contribution < 1.29 is 9.47 Å². The first-order chi connectivity index (χ1) is 6.60. The van der Waals surface area contributed by atoms with Crippen molar-refractivity contribution in [2.45, 2.75) is 58.2 Å². The van der Waals surface area contributed by atoms with Gasteiger partial charge >= 0.3 is 0 Å². The molecule has 0 amide bonds. The second kappa shape index (κ2) is 3.49. The first-order valence-corrected chi connectivity index (χ1v) is 5.86. The third-order valence-electron chi connectivity index (χ3n) is 4.17. The zero-order valence-corrected chi connectivity index (χ0v) is 9.64. The van der Waals surface area contributed by atoms with Gasteiger partial charge in [0.25, 0.3) is 0 Å². The molecule has 3 rings (SSSR count). The van der Waals surface area contributed by atoms with Crippen LogP contribution >= 0.6 is 0 Å². The topological polar surface area (TPSA) is 18.5 Å². The van der Waals surface area contributed by atoms with Crippen LogP contribution in [-0.4, -0.2) is 24.9 Å². The van der Waals surface area contributed by atoms with Gasteiger partial charge in [-0.1, -0.05) is 6.92 Å². The molecule has 0 spiro atoms. The fraction of sp³-hybridized carbons (Fsp3) is 1.00. The summed E-state index contributed by atoms with van der Waals surface area (Å²) in [6.45, 7) is 8.30. The Morgan fingerprint density at radius 1 is 1.29 bits per heavy atom. The summed E-state index contributed by atoms with van der Waals surface area (Å²) in [5.41, 5.74) is 0.515. The number of hydrogen-bond acceptors (Lipinski definition) is 2. The molecule has 2 nitrogen and oxygen atoms in total. The van der Waals surface area contributed by atoms with Crippen LogP contribution in [0.3, 0.4) is 0 Å². The molecule has 2 saturated heterocycles. The summed E-state index contributed by atoms with van der Waals surface area (Å²) in [6.07, 6.45) is 5.25. The maximum Gasteiger partial charge on any atom is 0.0940 e. The molecule has 0 aromatic rings. The highest BCUT2D eigenvalue weighted by molar-refractivity contribution is 5.00. The maximum absolute atomic E-state index is 6.06. The average Bonchev–Trinajstić information content (AvgIpc) is 2.20. The lowest BCUT2D eigenvalue weighted by Gasteiger charge is -2.53. The molecule has 3 aliphatic rings. The van der Waals surface area contributed by atoms with E-state index in [1.165, 1.54) is 25.7 Å². The molecule has 1 atom stereocenters. The van der Waals surface area contributed by atoms with Gasteiger partial charge in [-0.3, -0.25) is 0 Å². The summed E-state index contributed by atoms with van der Waals surface area (Å²) in [6, 6.07) is 0. The SMILES string of the molecule is CCOC(C)C12CCC(C)(CC1)CO2. The van der Waals surface area contributed by atoms with E-state index in [4.69, 9.17) is 9.47 Å². The normalized spacial score (nSPS) is 43.9. The highest BCUT2D eigenvalue weighted by Crippen LogP contribution is 2.50. The highest BCUT2D eigenvalue weighted by atomic mass is 16.6. The predicted molar refractivity (Wildman–Crippen MR) is 56.3 cm³/mol. The molecule has 2 heteroatoms. The Hall–Kier alpha value is -0.0800. The van der Waals surface area contributed by atoms with Crippen molar-refractivity contribution in [2.75, 3.05) is 13.2 Å². The van der Waals surface area contributed by atoms with Crippen LogP contribution in [0.1, 0.15) is 46.5 Å². The highest BCUT2D eigenvalue weighted by Gasteiger charge is 2.50. The monoisotopic (exact) mass is 198 g/mol. The molecular weight excluding hydrogens is 176 g/mol. The van der Waals surface area contributed by atoms with Crippen LogP contribution in [0.15, 0.2) is 0 Å². The van der Waals surface area contributed by atoms with E-state index in [9.17, 15) is 0 Å². The fourth-order valence-corrected chi connectivity index (χ4v) is 2.81. The molecule has 2 heterocycles. The smallest absolute Gasteiger partial charge is 0.0940 e. The number of fused-ring (bicyclic) bond motifs is 3. The van der Waals surface area contributed by atoms with E-state index in [1.54, 1.807) is 0 Å². The zero-order chi connectivity index (χ0) is 10.2. The molecule has 3 fully saturated rings. The van der Waals surface area contributed by atoms with Crippen LogP contribution in [0.5, 0.6) is 0 Å². The van der Waals surface area contributed by atoms with E-state index in [-0.39, 0.29) is 11.7 Å². The van der Waals surface area contributed by atoms with Gasteiger partial charge in [0.05, 0.1) is 18.3 Å². The number of ether oxygens (including phenoxy) is 2. The van der Waals surface area contributed by atoms with E-state index in [1.807, 2.05) is 0 Å². The quantitative estimate of drug-likeness (QED) is 0.694. The van der Waals surface area contributed by atoms with E-state index in [0.717, 1.165) is 13.2 Å². The number of hydrogen-bond donors (Lipinski definition) is 0. The van der Waals surface area contributed by atoms with Crippen molar-refractivity contribution in [3.8, 4) is 0 Å². The molecule has 1 aliphatic carbocycles. The van der Waals surface area contributed by atoms with Crippen molar-refractivity contribution in [3.05, 3.63) is 0 Å². The average molecular weight is 198 g/mol. The summed E-state index contributed by atoms with van der Waals surface area (Å²) in [5, 5.41) is 0. The van der Waals surface area contributed by atoms with Gasteiger partial charge in [0, 0.05) is 6.61 Å². The van der Waals surface area contributed by atoms with Crippen LogP contribution in [0.25, 0.3) is 0 Å². The second-order valence-corrected chi connectivity index (χ2v) is 5.26. The summed E-state index contributed by atoms with van der Waals surface area (Å²) < 4.78 is 11.8. The fourth-order valence-electron chi connectivity index (χ4n) is 2.81. The van der Waals surface area contributed by atoms with E-state index in [2.05, 4.69) is 20.8 Å². The molecule has 0 N–H and O–H groups in total. The van der Waals surface area contributed by atoms with Gasteiger partial charge in [-0.05, 0) is 44.9 Å². The van der Waals surface area contributed by atoms with Crippen molar-refractivity contribution in [1.29, 1.82) is 0 Å². The van der Waals surface area contributed by atoms with Crippen LogP contribution in [0.2, 0.25) is 0 Å². The van der Waals surface area contributed by atoms with Crippen LogP contribution < -0.4 is 0 Å². The molecule has 14 heavy (non-hydrogen) atoms. The largest absolute Gasteiger partial charge is 0.376 e. The van der Waals surface area contributed by atoms with Gasteiger partial charge in [-0.2, -0.15) is 0 Å². The van der Waals surface area contributed by atoms with Gasteiger partial charge in [0.2, 0.25) is 0 Å². The molecule has 1 unspecified atom stereocenters. The van der Waals surface area contributed by atoms with Crippen LogP contribution in [-0.2, 0) is 9.47 Å². The minimum atomic E-state index is 0.0494. The molecule has 0 aromatic carbocycles.